The Balaban J connectivity index is 1.73. The highest BCUT2D eigenvalue weighted by molar-refractivity contribution is 5.94. The lowest BCUT2D eigenvalue weighted by Crippen LogP contribution is -2.35. The van der Waals surface area contributed by atoms with Crippen LogP contribution in [-0.2, 0) is 0 Å². The van der Waals surface area contributed by atoms with Crippen LogP contribution in [0.4, 0.5) is 0 Å². The van der Waals surface area contributed by atoms with Gasteiger partial charge in [0, 0.05) is 30.9 Å². The minimum absolute atomic E-state index is 0.132. The Kier molecular flexibility index (Phi) is 5.00. The maximum Gasteiger partial charge on any atom is 0.253 e. The molecule has 3 rings (SSSR count). The highest BCUT2D eigenvalue weighted by Crippen LogP contribution is 2.15. The zero-order chi connectivity index (χ0) is 17.1. The third-order valence-corrected chi connectivity index (χ3v) is 4.69. The zero-order valence-electron chi connectivity index (χ0n) is 14.8. The van der Waals surface area contributed by atoms with Gasteiger partial charge in [-0.15, -0.1) is 0 Å². The van der Waals surface area contributed by atoms with E-state index in [2.05, 4.69) is 23.0 Å². The van der Waals surface area contributed by atoms with E-state index in [0.29, 0.717) is 0 Å². The van der Waals surface area contributed by atoms with Crippen molar-refractivity contribution in [3.05, 3.63) is 47.3 Å². The molecule has 0 radical (unpaired) electrons. The molecule has 1 saturated heterocycles. The van der Waals surface area contributed by atoms with Crippen molar-refractivity contribution in [2.45, 2.75) is 27.2 Å². The van der Waals surface area contributed by atoms with Crippen molar-refractivity contribution in [1.82, 2.24) is 19.6 Å². The second-order valence-corrected chi connectivity index (χ2v) is 6.47. The Morgan fingerprint density at radius 1 is 1.08 bits per heavy atom. The number of hydrogen-bond acceptors (Lipinski definition) is 3. The van der Waals surface area contributed by atoms with Crippen LogP contribution < -0.4 is 0 Å². The Bertz CT molecular complexity index is 705. The van der Waals surface area contributed by atoms with Crippen molar-refractivity contribution >= 4 is 5.91 Å². The summed E-state index contributed by atoms with van der Waals surface area (Å²) < 4.78 is 1.91. The maximum absolute atomic E-state index is 12.8. The lowest BCUT2D eigenvalue weighted by atomic mass is 10.1. The number of aryl methyl sites for hydroxylation is 2. The topological polar surface area (TPSA) is 41.4 Å². The average Bonchev–Trinajstić information content (AvgIpc) is 2.79. The van der Waals surface area contributed by atoms with Crippen molar-refractivity contribution in [3.8, 4) is 5.69 Å². The molecule has 0 spiro atoms. The number of carbonyl (C=O) groups is 1. The number of hydrogen-bond donors (Lipinski definition) is 0. The fourth-order valence-corrected chi connectivity index (χ4v) is 3.31. The highest BCUT2D eigenvalue weighted by Gasteiger charge is 2.19. The second-order valence-electron chi connectivity index (χ2n) is 6.47. The van der Waals surface area contributed by atoms with E-state index >= 15 is 0 Å². The molecule has 0 unspecified atom stereocenters. The second kappa shape index (κ2) is 7.18. The van der Waals surface area contributed by atoms with E-state index in [9.17, 15) is 4.79 Å². The highest BCUT2D eigenvalue weighted by atomic mass is 16.2. The number of amides is 1. The van der Waals surface area contributed by atoms with Gasteiger partial charge in [-0.2, -0.15) is 5.10 Å². The smallest absolute Gasteiger partial charge is 0.253 e. The van der Waals surface area contributed by atoms with Gasteiger partial charge in [0.2, 0.25) is 0 Å². The molecule has 1 aromatic heterocycles. The maximum atomic E-state index is 12.8. The monoisotopic (exact) mass is 326 g/mol. The number of benzene rings is 1. The molecular formula is C19H26N4O. The van der Waals surface area contributed by atoms with Crippen LogP contribution in [0.15, 0.2) is 30.3 Å². The largest absolute Gasteiger partial charge is 0.337 e. The molecule has 0 atom stereocenters. The summed E-state index contributed by atoms with van der Waals surface area (Å²) in [4.78, 5) is 17.1. The summed E-state index contributed by atoms with van der Waals surface area (Å²) in [6.45, 7) is 11.0. The molecule has 5 nitrogen and oxygen atoms in total. The van der Waals surface area contributed by atoms with E-state index in [0.717, 1.165) is 61.8 Å². The minimum atomic E-state index is 0.132. The normalized spacial score (nSPS) is 16.2. The van der Waals surface area contributed by atoms with Crippen molar-refractivity contribution in [1.29, 1.82) is 0 Å². The van der Waals surface area contributed by atoms with E-state index in [1.807, 2.05) is 47.7 Å². The van der Waals surface area contributed by atoms with Crippen LogP contribution in [0.5, 0.6) is 0 Å². The fraction of sp³-hybridized carbons (Fsp3) is 0.474. The fourth-order valence-electron chi connectivity index (χ4n) is 3.31. The van der Waals surface area contributed by atoms with Crippen LogP contribution in [0.25, 0.3) is 5.69 Å². The standard InChI is InChI=1S/C19H26N4O/c1-4-21-10-5-11-22(13-12-21)19(24)17-6-8-18(9-7-17)23-16(3)14-15(2)20-23/h6-9,14H,4-5,10-13H2,1-3H3. The zero-order valence-corrected chi connectivity index (χ0v) is 14.8. The average molecular weight is 326 g/mol. The van der Waals surface area contributed by atoms with Gasteiger partial charge < -0.3 is 9.80 Å². The van der Waals surface area contributed by atoms with Crippen LogP contribution in [0, 0.1) is 13.8 Å². The Hall–Kier alpha value is -2.14. The molecule has 1 aromatic carbocycles. The third-order valence-electron chi connectivity index (χ3n) is 4.69. The molecular weight excluding hydrogens is 300 g/mol. The lowest BCUT2D eigenvalue weighted by Gasteiger charge is -2.21. The molecule has 0 N–H and O–H groups in total. The molecule has 0 aliphatic carbocycles. The molecule has 1 aliphatic heterocycles. The van der Waals surface area contributed by atoms with Gasteiger partial charge in [0.15, 0.2) is 0 Å². The van der Waals surface area contributed by atoms with Gasteiger partial charge in [-0.1, -0.05) is 6.92 Å². The van der Waals surface area contributed by atoms with E-state index < -0.39 is 0 Å². The van der Waals surface area contributed by atoms with Crippen LogP contribution in [0.1, 0.15) is 35.1 Å². The van der Waals surface area contributed by atoms with Crippen LogP contribution in [0.2, 0.25) is 0 Å². The van der Waals surface area contributed by atoms with Crippen LogP contribution in [0.3, 0.4) is 0 Å². The molecule has 2 heterocycles. The molecule has 0 saturated carbocycles. The van der Waals surface area contributed by atoms with E-state index in [1.165, 1.54) is 0 Å². The quantitative estimate of drug-likeness (QED) is 0.871. The number of likely N-dealkylation sites (N-methyl/N-ethyl adjacent to an activating group) is 1. The predicted molar refractivity (Wildman–Crippen MR) is 95.7 cm³/mol. The SMILES string of the molecule is CCN1CCCN(C(=O)c2ccc(-n3nc(C)cc3C)cc2)CC1. The molecule has 0 bridgehead atoms. The van der Waals surface area contributed by atoms with Gasteiger partial charge >= 0.3 is 0 Å². The summed E-state index contributed by atoms with van der Waals surface area (Å²) in [5, 5.41) is 4.49. The summed E-state index contributed by atoms with van der Waals surface area (Å²) in [6, 6.07) is 9.83. The first-order chi connectivity index (χ1) is 11.6. The number of aromatic nitrogens is 2. The van der Waals surface area contributed by atoms with E-state index in [1.54, 1.807) is 0 Å². The van der Waals surface area contributed by atoms with Crippen molar-refractivity contribution in [2.24, 2.45) is 0 Å². The van der Waals surface area contributed by atoms with Gasteiger partial charge in [0.1, 0.15) is 0 Å². The van der Waals surface area contributed by atoms with E-state index in [-0.39, 0.29) is 5.91 Å². The summed E-state index contributed by atoms with van der Waals surface area (Å²) in [5.74, 6) is 0.132. The predicted octanol–water partition coefficient (Wildman–Crippen LogP) is 2.66. The van der Waals surface area contributed by atoms with Crippen LogP contribution in [-0.4, -0.2) is 58.2 Å². The summed E-state index contributed by atoms with van der Waals surface area (Å²) in [6.07, 6.45) is 1.05. The third kappa shape index (κ3) is 3.51. The van der Waals surface area contributed by atoms with Gasteiger partial charge in [0.25, 0.3) is 5.91 Å². The molecule has 1 aliphatic rings. The van der Waals surface area contributed by atoms with Crippen molar-refractivity contribution in [3.63, 3.8) is 0 Å². The van der Waals surface area contributed by atoms with Crippen molar-refractivity contribution < 1.29 is 4.79 Å². The molecule has 1 amide bonds. The minimum Gasteiger partial charge on any atom is -0.337 e. The Labute approximate surface area is 143 Å². The first-order valence-corrected chi connectivity index (χ1v) is 8.74. The van der Waals surface area contributed by atoms with E-state index in [4.69, 9.17) is 0 Å². The lowest BCUT2D eigenvalue weighted by molar-refractivity contribution is 0.0762. The Morgan fingerprint density at radius 3 is 2.46 bits per heavy atom. The summed E-state index contributed by atoms with van der Waals surface area (Å²) in [5.41, 5.74) is 3.84. The summed E-state index contributed by atoms with van der Waals surface area (Å²) in [7, 11) is 0. The van der Waals surface area contributed by atoms with Gasteiger partial charge in [-0.25, -0.2) is 4.68 Å². The molecule has 24 heavy (non-hydrogen) atoms. The number of rotatable bonds is 3. The van der Waals surface area contributed by atoms with Crippen molar-refractivity contribution in [2.75, 3.05) is 32.7 Å². The van der Waals surface area contributed by atoms with Crippen LogP contribution >= 0.6 is 0 Å². The number of nitrogens with zero attached hydrogens (tertiary/aromatic N) is 4. The van der Waals surface area contributed by atoms with Gasteiger partial charge in [0.05, 0.1) is 11.4 Å². The summed E-state index contributed by atoms with van der Waals surface area (Å²) >= 11 is 0. The molecule has 1 fully saturated rings. The Morgan fingerprint density at radius 2 is 1.83 bits per heavy atom. The molecule has 2 aromatic rings. The first-order valence-electron chi connectivity index (χ1n) is 8.74. The number of carbonyl (C=O) groups excluding carboxylic acids is 1. The van der Waals surface area contributed by atoms with Gasteiger partial charge in [-0.3, -0.25) is 4.79 Å². The molecule has 5 heteroatoms. The first kappa shape index (κ1) is 16.7. The molecule has 128 valence electrons. The van der Waals surface area contributed by atoms with Gasteiger partial charge in [-0.05, 0) is 63.7 Å².